The fourth-order valence-corrected chi connectivity index (χ4v) is 7.88. The van der Waals surface area contributed by atoms with E-state index in [1.165, 1.54) is 11.3 Å². The van der Waals surface area contributed by atoms with Gasteiger partial charge in [-0.3, -0.25) is 0 Å². The van der Waals surface area contributed by atoms with Gasteiger partial charge in [0.05, 0.1) is 17.3 Å². The van der Waals surface area contributed by atoms with Crippen LogP contribution in [0.5, 0.6) is 5.75 Å². The molecular weight excluding hydrogens is 526 g/mol. The zero-order valence-corrected chi connectivity index (χ0v) is 23.3. The van der Waals surface area contributed by atoms with Crippen molar-refractivity contribution in [1.29, 1.82) is 0 Å². The van der Waals surface area contributed by atoms with Crippen LogP contribution in [0.25, 0.3) is 10.1 Å². The second kappa shape index (κ2) is 13.0. The summed E-state index contributed by atoms with van der Waals surface area (Å²) < 4.78 is 37.3. The van der Waals surface area contributed by atoms with Crippen molar-refractivity contribution in [1.82, 2.24) is 5.32 Å². The number of hydrogen-bond donors (Lipinski definition) is 1. The van der Waals surface area contributed by atoms with Crippen molar-refractivity contribution in [2.45, 2.75) is 37.0 Å². The number of carbonyl (C=O) groups is 1. The first-order chi connectivity index (χ1) is 16.7. The molecule has 0 atom stereocenters. The maximum absolute atomic E-state index is 13.0. The van der Waals surface area contributed by atoms with Crippen molar-refractivity contribution in [3.63, 3.8) is 0 Å². The van der Waals surface area contributed by atoms with Crippen LogP contribution >= 0.6 is 34.7 Å². The minimum absolute atomic E-state index is 0.0960. The maximum atomic E-state index is 13.0. The maximum Gasteiger partial charge on any atom is 0.344 e. The van der Waals surface area contributed by atoms with E-state index in [0.29, 0.717) is 35.2 Å². The minimum Gasteiger partial charge on any atom is -0.482 e. The summed E-state index contributed by atoms with van der Waals surface area (Å²) in [6, 6.07) is 11.2. The highest BCUT2D eigenvalue weighted by Gasteiger charge is 2.22. The van der Waals surface area contributed by atoms with Crippen molar-refractivity contribution in [2.75, 3.05) is 37.8 Å². The minimum atomic E-state index is -3.38. The number of fused-ring (bicyclic) bond motifs is 1. The second-order valence-electron chi connectivity index (χ2n) is 7.92. The molecule has 0 unspecified atom stereocenters. The predicted octanol–water partition coefficient (Wildman–Crippen LogP) is 5.66. The summed E-state index contributed by atoms with van der Waals surface area (Å²) in [5.41, 5.74) is 0.954. The van der Waals surface area contributed by atoms with E-state index >= 15 is 0 Å². The van der Waals surface area contributed by atoms with Gasteiger partial charge >= 0.3 is 5.97 Å². The highest BCUT2D eigenvalue weighted by Crippen LogP contribution is 2.36. The highest BCUT2D eigenvalue weighted by atomic mass is 35.5. The van der Waals surface area contributed by atoms with Gasteiger partial charge in [-0.2, -0.15) is 0 Å². The van der Waals surface area contributed by atoms with Gasteiger partial charge in [-0.1, -0.05) is 11.6 Å². The molecule has 0 saturated carbocycles. The van der Waals surface area contributed by atoms with Crippen LogP contribution in [0.2, 0.25) is 5.02 Å². The topological polar surface area (TPSA) is 81.7 Å². The molecular formula is C25H30ClNO5S3. The number of ether oxygens (including phenoxy) is 2. The summed E-state index contributed by atoms with van der Waals surface area (Å²) in [6.07, 6.45) is 0.538. The van der Waals surface area contributed by atoms with Crippen LogP contribution in [0.4, 0.5) is 0 Å². The Balaban J connectivity index is 1.40. The molecule has 6 nitrogen and oxygen atoms in total. The lowest BCUT2D eigenvalue weighted by atomic mass is 10.2. The first-order valence-corrected chi connectivity index (χ1v) is 15.2. The number of thioether (sulfide) groups is 1. The molecule has 10 heteroatoms. The Morgan fingerprint density at radius 2 is 1.94 bits per heavy atom. The Bertz CT molecular complexity index is 1270. The molecule has 3 rings (SSSR count). The molecule has 1 N–H and O–H groups in total. The number of esters is 1. The zero-order valence-electron chi connectivity index (χ0n) is 20.1. The smallest absolute Gasteiger partial charge is 0.344 e. The quantitative estimate of drug-likeness (QED) is 0.165. The van der Waals surface area contributed by atoms with Gasteiger partial charge in [0.1, 0.15) is 5.75 Å². The summed E-state index contributed by atoms with van der Waals surface area (Å²) in [7, 11) is -3.38. The number of hydrogen-bond acceptors (Lipinski definition) is 8. The van der Waals surface area contributed by atoms with Gasteiger partial charge in [-0.25, -0.2) is 13.2 Å². The molecule has 0 aliphatic carbocycles. The first-order valence-electron chi connectivity index (χ1n) is 11.3. The third-order valence-electron chi connectivity index (χ3n) is 5.19. The van der Waals surface area contributed by atoms with E-state index in [1.54, 1.807) is 30.8 Å². The fraction of sp³-hybridized carbons (Fsp3) is 0.400. The van der Waals surface area contributed by atoms with E-state index in [1.807, 2.05) is 38.1 Å². The highest BCUT2D eigenvalue weighted by molar-refractivity contribution is 7.99. The number of benzene rings is 2. The monoisotopic (exact) mass is 555 g/mol. The lowest BCUT2D eigenvalue weighted by molar-refractivity contribution is -0.145. The number of nitrogens with one attached hydrogen (secondary N) is 1. The SMILES string of the molecule is CCOC(=O)COc1ccc(SCCNCCCS(=O)(=O)c2c(C)sc3ccc(Cl)cc23)cc1C. The largest absolute Gasteiger partial charge is 0.482 e. The number of thiophene rings is 1. The van der Waals surface area contributed by atoms with Crippen LogP contribution in [0.15, 0.2) is 46.2 Å². The number of carbonyl (C=O) groups excluding carboxylic acids is 1. The molecule has 0 aliphatic rings. The summed E-state index contributed by atoms with van der Waals surface area (Å²) >= 11 is 9.29. The van der Waals surface area contributed by atoms with Gasteiger partial charge in [0.15, 0.2) is 16.4 Å². The van der Waals surface area contributed by atoms with E-state index in [9.17, 15) is 13.2 Å². The summed E-state index contributed by atoms with van der Waals surface area (Å²) in [6.45, 7) is 7.17. The first kappa shape index (κ1) is 27.8. The lowest BCUT2D eigenvalue weighted by Crippen LogP contribution is -2.21. The van der Waals surface area contributed by atoms with Crippen molar-refractivity contribution in [3.05, 3.63) is 51.9 Å². The van der Waals surface area contributed by atoms with Crippen LogP contribution in [-0.4, -0.2) is 52.2 Å². The average molecular weight is 556 g/mol. The summed E-state index contributed by atoms with van der Waals surface area (Å²) in [5.74, 6) is 1.23. The van der Waals surface area contributed by atoms with Crippen LogP contribution in [-0.2, 0) is 19.4 Å². The molecule has 0 bridgehead atoms. The van der Waals surface area contributed by atoms with E-state index in [2.05, 4.69) is 5.32 Å². The van der Waals surface area contributed by atoms with Gasteiger partial charge in [-0.15, -0.1) is 23.1 Å². The zero-order chi connectivity index (χ0) is 25.4. The lowest BCUT2D eigenvalue weighted by Gasteiger charge is -2.10. The van der Waals surface area contributed by atoms with Crippen LogP contribution < -0.4 is 10.1 Å². The third-order valence-corrected chi connectivity index (χ3v) is 9.61. The molecule has 0 radical (unpaired) electrons. The number of sulfone groups is 1. The van der Waals surface area contributed by atoms with Crippen molar-refractivity contribution >= 4 is 60.6 Å². The van der Waals surface area contributed by atoms with Crippen LogP contribution in [0, 0.1) is 13.8 Å². The molecule has 0 saturated heterocycles. The Hall–Kier alpha value is -1.78. The van der Waals surface area contributed by atoms with Crippen molar-refractivity contribution in [2.24, 2.45) is 0 Å². The van der Waals surface area contributed by atoms with Crippen LogP contribution in [0.1, 0.15) is 23.8 Å². The molecule has 1 aromatic heterocycles. The molecule has 0 amide bonds. The standard InChI is InChI=1S/C25H30ClNO5S3/c1-4-31-24(28)16-32-22-8-7-20(14-17(22)2)33-12-11-27-10-5-13-35(29,30)25-18(3)34-23-9-6-19(26)15-21(23)25/h6-9,14-15,27H,4-5,10-13,16H2,1-3H3. The Morgan fingerprint density at radius 3 is 2.69 bits per heavy atom. The second-order valence-corrected chi connectivity index (χ2v) is 12.8. The summed E-state index contributed by atoms with van der Waals surface area (Å²) in [5, 5.41) is 4.59. The van der Waals surface area contributed by atoms with Gasteiger partial charge in [-0.05, 0) is 75.7 Å². The van der Waals surface area contributed by atoms with Crippen molar-refractivity contribution in [3.8, 4) is 5.75 Å². The normalized spacial score (nSPS) is 11.7. The molecule has 0 fully saturated rings. The number of halogens is 1. The Morgan fingerprint density at radius 1 is 1.14 bits per heavy atom. The van der Waals surface area contributed by atoms with Gasteiger partial charge < -0.3 is 14.8 Å². The average Bonchev–Trinajstić information content (AvgIpc) is 3.13. The van der Waals surface area contributed by atoms with Gasteiger partial charge in [0.2, 0.25) is 0 Å². The van der Waals surface area contributed by atoms with Gasteiger partial charge in [0, 0.05) is 37.2 Å². The van der Waals surface area contributed by atoms with E-state index in [-0.39, 0.29) is 18.3 Å². The van der Waals surface area contributed by atoms with Crippen molar-refractivity contribution < 1.29 is 22.7 Å². The number of rotatable bonds is 13. The van der Waals surface area contributed by atoms with Crippen LogP contribution in [0.3, 0.4) is 0 Å². The summed E-state index contributed by atoms with van der Waals surface area (Å²) in [4.78, 5) is 13.8. The fourth-order valence-electron chi connectivity index (χ4n) is 3.62. The number of aryl methyl sites for hydroxylation is 2. The Kier molecular flexibility index (Phi) is 10.3. The molecule has 0 aliphatic heterocycles. The molecule has 1 heterocycles. The van der Waals surface area contributed by atoms with E-state index < -0.39 is 9.84 Å². The molecule has 3 aromatic rings. The Labute approximate surface area is 220 Å². The van der Waals surface area contributed by atoms with Gasteiger partial charge in [0.25, 0.3) is 0 Å². The molecule has 0 spiro atoms. The third kappa shape index (κ3) is 7.85. The van der Waals surface area contributed by atoms with E-state index in [0.717, 1.165) is 37.7 Å². The predicted molar refractivity (Wildman–Crippen MR) is 145 cm³/mol. The molecule has 190 valence electrons. The molecule has 35 heavy (non-hydrogen) atoms. The molecule has 2 aromatic carbocycles. The van der Waals surface area contributed by atoms with E-state index in [4.69, 9.17) is 21.1 Å².